The van der Waals surface area contributed by atoms with Crippen LogP contribution in [-0.4, -0.2) is 23.5 Å². The van der Waals surface area contributed by atoms with Crippen molar-refractivity contribution in [2.24, 2.45) is 5.73 Å². The van der Waals surface area contributed by atoms with Gasteiger partial charge in [-0.2, -0.15) is 11.8 Å². The van der Waals surface area contributed by atoms with Crippen molar-refractivity contribution >= 4 is 46.3 Å². The van der Waals surface area contributed by atoms with E-state index in [9.17, 15) is 0 Å². The summed E-state index contributed by atoms with van der Waals surface area (Å²) in [6.07, 6.45) is 4.47. The third-order valence-corrected chi connectivity index (χ3v) is 3.49. The molecule has 0 spiro atoms. The fourth-order valence-electron chi connectivity index (χ4n) is 1.47. The van der Waals surface area contributed by atoms with Crippen LogP contribution in [0.15, 0.2) is 18.2 Å². The molecule has 94 valence electrons. The number of hydrogen-bond acceptors (Lipinski definition) is 3. The Hall–Kier alpha value is -0.450. The molecule has 0 atom stereocenters. The van der Waals surface area contributed by atoms with E-state index in [1.807, 2.05) is 23.9 Å². The van der Waals surface area contributed by atoms with Gasteiger partial charge in [0.05, 0.1) is 0 Å². The van der Waals surface area contributed by atoms with Gasteiger partial charge in [0.2, 0.25) is 0 Å². The van der Waals surface area contributed by atoms with Gasteiger partial charge in [0.25, 0.3) is 0 Å². The Balaban J connectivity index is 2.55. The molecule has 1 aromatic rings. The summed E-state index contributed by atoms with van der Waals surface area (Å²) in [6.45, 7) is 0.928. The first-order valence-corrected chi connectivity index (χ1v) is 7.65. The van der Waals surface area contributed by atoms with E-state index in [0.717, 1.165) is 24.2 Å². The third kappa shape index (κ3) is 5.15. The number of thioether (sulfide) groups is 1. The van der Waals surface area contributed by atoms with Crippen molar-refractivity contribution in [1.29, 1.82) is 0 Å². The minimum absolute atomic E-state index is 0.374. The third-order valence-electron chi connectivity index (χ3n) is 2.34. The first-order chi connectivity index (χ1) is 8.15. The van der Waals surface area contributed by atoms with Crippen molar-refractivity contribution in [3.05, 3.63) is 28.8 Å². The van der Waals surface area contributed by atoms with Crippen LogP contribution >= 0.6 is 35.6 Å². The molecule has 0 fully saturated rings. The maximum absolute atomic E-state index is 5.92. The Labute approximate surface area is 117 Å². The molecule has 0 radical (unpaired) electrons. The van der Waals surface area contributed by atoms with Crippen LogP contribution in [0.1, 0.15) is 18.4 Å². The quantitative estimate of drug-likeness (QED) is 0.595. The molecule has 0 heterocycles. The predicted octanol–water partition coefficient (Wildman–Crippen LogP) is 3.53. The molecule has 3 N–H and O–H groups in total. The van der Waals surface area contributed by atoms with Crippen molar-refractivity contribution in [3.63, 3.8) is 0 Å². The number of nitrogens with one attached hydrogen (secondary N) is 1. The maximum atomic E-state index is 5.92. The van der Waals surface area contributed by atoms with Gasteiger partial charge in [-0.15, -0.1) is 0 Å². The highest BCUT2D eigenvalue weighted by atomic mass is 35.5. The van der Waals surface area contributed by atoms with E-state index >= 15 is 0 Å². The lowest BCUT2D eigenvalue weighted by atomic mass is 10.1. The number of rotatable bonds is 7. The molecular weight excluding hydrogens is 272 g/mol. The predicted molar refractivity (Wildman–Crippen MR) is 83.4 cm³/mol. The zero-order valence-corrected chi connectivity index (χ0v) is 12.2. The first kappa shape index (κ1) is 14.6. The van der Waals surface area contributed by atoms with Crippen LogP contribution in [0.5, 0.6) is 0 Å². The highest BCUT2D eigenvalue weighted by Crippen LogP contribution is 2.20. The van der Waals surface area contributed by atoms with Crippen molar-refractivity contribution in [2.75, 3.05) is 23.9 Å². The molecule has 0 aromatic heterocycles. The number of nitrogens with two attached hydrogens (primary N) is 1. The van der Waals surface area contributed by atoms with Crippen LogP contribution in [0.3, 0.4) is 0 Å². The number of thiocarbonyl (C=S) groups is 1. The average molecular weight is 289 g/mol. The Morgan fingerprint density at radius 3 is 2.88 bits per heavy atom. The van der Waals surface area contributed by atoms with E-state index in [4.69, 9.17) is 29.6 Å². The van der Waals surface area contributed by atoms with E-state index in [-0.39, 0.29) is 0 Å². The average Bonchev–Trinajstić information content (AvgIpc) is 2.30. The summed E-state index contributed by atoms with van der Waals surface area (Å²) in [7, 11) is 0. The van der Waals surface area contributed by atoms with Gasteiger partial charge >= 0.3 is 0 Å². The Morgan fingerprint density at radius 1 is 1.47 bits per heavy atom. The summed E-state index contributed by atoms with van der Waals surface area (Å²) < 4.78 is 0. The summed E-state index contributed by atoms with van der Waals surface area (Å²) in [5, 5.41) is 4.00. The van der Waals surface area contributed by atoms with Gasteiger partial charge in [0, 0.05) is 22.8 Å². The molecule has 1 rings (SSSR count). The molecule has 0 aliphatic rings. The molecule has 0 amide bonds. The Bertz CT molecular complexity index is 383. The summed E-state index contributed by atoms with van der Waals surface area (Å²) in [6, 6.07) is 5.56. The summed E-state index contributed by atoms with van der Waals surface area (Å²) >= 11 is 12.8. The Kier molecular flexibility index (Phi) is 6.70. The van der Waals surface area contributed by atoms with Gasteiger partial charge in [-0.25, -0.2) is 0 Å². The SMILES string of the molecule is CSCCCCNc1ccc(Cl)cc1C(N)=S. The second-order valence-electron chi connectivity index (χ2n) is 3.68. The second kappa shape index (κ2) is 7.80. The number of halogens is 1. The first-order valence-electron chi connectivity index (χ1n) is 5.47. The normalized spacial score (nSPS) is 10.2. The number of benzene rings is 1. The van der Waals surface area contributed by atoms with Crippen molar-refractivity contribution < 1.29 is 0 Å². The smallest absolute Gasteiger partial charge is 0.106 e. The lowest BCUT2D eigenvalue weighted by molar-refractivity contribution is 0.843. The zero-order valence-electron chi connectivity index (χ0n) is 9.83. The topological polar surface area (TPSA) is 38.0 Å². The Morgan fingerprint density at radius 2 is 2.24 bits per heavy atom. The summed E-state index contributed by atoms with van der Waals surface area (Å²) in [5.74, 6) is 1.20. The standard InChI is InChI=1S/C12H17ClN2S2/c1-17-7-3-2-6-15-11-5-4-9(13)8-10(11)12(14)16/h4-5,8,15H,2-3,6-7H2,1H3,(H2,14,16). The molecule has 0 saturated carbocycles. The molecule has 0 bridgehead atoms. The highest BCUT2D eigenvalue weighted by Gasteiger charge is 2.05. The summed E-state index contributed by atoms with van der Waals surface area (Å²) in [5.41, 5.74) is 7.45. The van der Waals surface area contributed by atoms with Crippen molar-refractivity contribution in [1.82, 2.24) is 0 Å². The van der Waals surface area contributed by atoms with E-state index in [2.05, 4.69) is 11.6 Å². The van der Waals surface area contributed by atoms with E-state index < -0.39 is 0 Å². The van der Waals surface area contributed by atoms with Crippen LogP contribution in [0.2, 0.25) is 5.02 Å². The van der Waals surface area contributed by atoms with E-state index in [0.29, 0.717) is 10.0 Å². The number of hydrogen-bond donors (Lipinski definition) is 2. The molecule has 5 heteroatoms. The van der Waals surface area contributed by atoms with Crippen molar-refractivity contribution in [2.45, 2.75) is 12.8 Å². The maximum Gasteiger partial charge on any atom is 0.106 e. The minimum atomic E-state index is 0.374. The molecule has 0 unspecified atom stereocenters. The monoisotopic (exact) mass is 288 g/mol. The lowest BCUT2D eigenvalue weighted by Gasteiger charge is -2.11. The largest absolute Gasteiger partial charge is 0.389 e. The molecular formula is C12H17ClN2S2. The fraction of sp³-hybridized carbons (Fsp3) is 0.417. The van der Waals surface area contributed by atoms with Gasteiger partial charge in [-0.05, 0) is 43.0 Å². The number of unbranched alkanes of at least 4 members (excludes halogenated alkanes) is 1. The van der Waals surface area contributed by atoms with Crippen LogP contribution in [0, 0.1) is 0 Å². The van der Waals surface area contributed by atoms with E-state index in [1.54, 1.807) is 6.07 Å². The highest BCUT2D eigenvalue weighted by molar-refractivity contribution is 7.98. The molecule has 0 aliphatic heterocycles. The van der Waals surface area contributed by atoms with E-state index in [1.165, 1.54) is 12.2 Å². The van der Waals surface area contributed by atoms with Gasteiger partial charge in [-0.1, -0.05) is 23.8 Å². The van der Waals surface area contributed by atoms with Crippen molar-refractivity contribution in [3.8, 4) is 0 Å². The molecule has 0 saturated heterocycles. The molecule has 1 aromatic carbocycles. The number of anilines is 1. The van der Waals surface area contributed by atoms with Crippen LogP contribution < -0.4 is 11.1 Å². The molecule has 17 heavy (non-hydrogen) atoms. The summed E-state index contributed by atoms with van der Waals surface area (Å²) in [4.78, 5) is 0.374. The van der Waals surface area contributed by atoms with Crippen LogP contribution in [0.25, 0.3) is 0 Å². The fourth-order valence-corrected chi connectivity index (χ4v) is 2.30. The molecule has 2 nitrogen and oxygen atoms in total. The van der Waals surface area contributed by atoms with Gasteiger partial charge < -0.3 is 11.1 Å². The second-order valence-corrected chi connectivity index (χ2v) is 5.54. The van der Waals surface area contributed by atoms with Crippen LogP contribution in [-0.2, 0) is 0 Å². The molecule has 0 aliphatic carbocycles. The van der Waals surface area contributed by atoms with Gasteiger partial charge in [0.1, 0.15) is 4.99 Å². The van der Waals surface area contributed by atoms with Gasteiger partial charge in [-0.3, -0.25) is 0 Å². The van der Waals surface area contributed by atoms with Gasteiger partial charge in [0.15, 0.2) is 0 Å². The zero-order chi connectivity index (χ0) is 12.7. The minimum Gasteiger partial charge on any atom is -0.389 e. The van der Waals surface area contributed by atoms with Crippen LogP contribution in [0.4, 0.5) is 5.69 Å². The lowest BCUT2D eigenvalue weighted by Crippen LogP contribution is -2.13.